The SMILES string of the molecule is C#CC#CN(C#CC#C)C(=O)c1ccc2c(c1)C(=O)C(c1nc3ccc(C(C)C)cc3cc1O)C2=O.[HH].[HH].[HH].[HH].[HH].[HH].[HH].[HH]. The molecule has 1 aliphatic rings. The van der Waals surface area contributed by atoms with Crippen LogP contribution >= 0.6 is 0 Å². The van der Waals surface area contributed by atoms with Gasteiger partial charge in [0, 0.05) is 57.4 Å². The minimum absolute atomic E-state index is 0. The maximum Gasteiger partial charge on any atom is 0.277 e. The molecule has 6 nitrogen and oxygen atoms in total. The van der Waals surface area contributed by atoms with E-state index in [1.807, 2.05) is 12.1 Å². The number of carbonyl (C=O) groups is 3. The van der Waals surface area contributed by atoms with Crippen molar-refractivity contribution in [2.24, 2.45) is 0 Å². The van der Waals surface area contributed by atoms with Crippen molar-refractivity contribution < 1.29 is 30.9 Å². The topological polar surface area (TPSA) is 87.6 Å². The van der Waals surface area contributed by atoms with Gasteiger partial charge >= 0.3 is 0 Å². The number of ketones is 2. The van der Waals surface area contributed by atoms with Crippen LogP contribution in [-0.4, -0.2) is 32.5 Å². The average molecular weight is 487 g/mol. The number of aromatic nitrogens is 1. The number of carbonyl (C=O) groups excluding carboxylic acids is 3. The monoisotopic (exact) mass is 486 g/mol. The van der Waals surface area contributed by atoms with E-state index in [-0.39, 0.29) is 45.5 Å². The number of pyridine rings is 1. The molecule has 0 radical (unpaired) electrons. The van der Waals surface area contributed by atoms with Gasteiger partial charge in [-0.3, -0.25) is 14.4 Å². The molecule has 1 heterocycles. The maximum atomic E-state index is 13.3. The molecule has 1 N–H and O–H groups in total. The van der Waals surface area contributed by atoms with E-state index in [4.69, 9.17) is 12.8 Å². The van der Waals surface area contributed by atoms with E-state index in [2.05, 4.69) is 54.6 Å². The Balaban J connectivity index is -0.000000634. The summed E-state index contributed by atoms with van der Waals surface area (Å²) >= 11 is 0. The molecule has 0 spiro atoms. The Morgan fingerprint density at radius 2 is 1.67 bits per heavy atom. The van der Waals surface area contributed by atoms with Gasteiger partial charge in [0.05, 0.1) is 5.52 Å². The lowest BCUT2D eigenvalue weighted by molar-refractivity contribution is 0.0878. The second-order valence-corrected chi connectivity index (χ2v) is 8.32. The van der Waals surface area contributed by atoms with Crippen LogP contribution < -0.4 is 0 Å². The van der Waals surface area contributed by atoms with E-state index in [1.54, 1.807) is 6.07 Å². The molecule has 4 rings (SSSR count). The Labute approximate surface area is 220 Å². The number of fused-ring (bicyclic) bond motifs is 2. The Bertz CT molecular complexity index is 1680. The number of Topliss-reactive ketones (excluding diaryl/α,β-unsaturated/α-hetero) is 2. The largest absolute Gasteiger partial charge is 0.506 e. The molecule has 0 saturated heterocycles. The zero-order chi connectivity index (χ0) is 26.0. The highest BCUT2D eigenvalue weighted by Gasteiger charge is 2.42. The number of aromatic hydroxyl groups is 1. The first-order valence-electron chi connectivity index (χ1n) is 10.9. The highest BCUT2D eigenvalue weighted by molar-refractivity contribution is 6.30. The predicted molar refractivity (Wildman–Crippen MR) is 152 cm³/mol. The van der Waals surface area contributed by atoms with Crippen LogP contribution in [-0.2, 0) is 0 Å². The first kappa shape index (κ1) is 23.8. The summed E-state index contributed by atoms with van der Waals surface area (Å²) in [5.74, 6) is 5.71. The fourth-order valence-electron chi connectivity index (χ4n) is 3.98. The van der Waals surface area contributed by atoms with Crippen molar-refractivity contribution in [3.8, 4) is 54.4 Å². The smallest absolute Gasteiger partial charge is 0.277 e. The molecule has 1 aliphatic carbocycles. The van der Waals surface area contributed by atoms with Crippen LogP contribution in [0.15, 0.2) is 42.5 Å². The summed E-state index contributed by atoms with van der Waals surface area (Å²) in [6, 6.07) is 16.0. The molecule has 2 aromatic carbocycles. The van der Waals surface area contributed by atoms with Crippen LogP contribution in [0.1, 0.15) is 79.4 Å². The van der Waals surface area contributed by atoms with Gasteiger partial charge in [0.1, 0.15) is 17.4 Å². The quantitative estimate of drug-likeness (QED) is 0.286. The lowest BCUT2D eigenvalue weighted by Gasteiger charge is -2.12. The number of hydrogen-bond acceptors (Lipinski definition) is 5. The number of rotatable bonds is 3. The molecule has 1 unspecified atom stereocenters. The second-order valence-electron chi connectivity index (χ2n) is 8.32. The molecule has 188 valence electrons. The third-order valence-electron chi connectivity index (χ3n) is 5.79. The Morgan fingerprint density at radius 1 is 1.00 bits per heavy atom. The number of amides is 1. The molecule has 0 fully saturated rings. The average Bonchev–Trinajstić information content (AvgIpc) is 3.12. The molecule has 3 aromatic rings. The molecule has 6 heteroatoms. The number of hydrogen-bond donors (Lipinski definition) is 1. The van der Waals surface area contributed by atoms with Gasteiger partial charge in [0.2, 0.25) is 0 Å². The Kier molecular flexibility index (Phi) is 6.30. The van der Waals surface area contributed by atoms with Gasteiger partial charge in [-0.15, -0.1) is 12.8 Å². The molecule has 0 bridgehead atoms. The summed E-state index contributed by atoms with van der Waals surface area (Å²) in [4.78, 5) is 44.7. The van der Waals surface area contributed by atoms with Crippen molar-refractivity contribution in [1.82, 2.24) is 9.88 Å². The van der Waals surface area contributed by atoms with E-state index in [0.717, 1.165) is 10.5 Å². The molecule has 0 aliphatic heterocycles. The van der Waals surface area contributed by atoms with Crippen LogP contribution in [0.2, 0.25) is 0 Å². The highest BCUT2D eigenvalue weighted by atomic mass is 16.3. The Morgan fingerprint density at radius 3 is 2.31 bits per heavy atom. The van der Waals surface area contributed by atoms with E-state index >= 15 is 0 Å². The van der Waals surface area contributed by atoms with Crippen molar-refractivity contribution in [3.05, 3.63) is 70.4 Å². The summed E-state index contributed by atoms with van der Waals surface area (Å²) in [6.45, 7) is 4.11. The van der Waals surface area contributed by atoms with Gasteiger partial charge in [0.25, 0.3) is 5.91 Å². The van der Waals surface area contributed by atoms with E-state index in [9.17, 15) is 19.5 Å². The number of benzene rings is 2. The number of nitrogens with zero attached hydrogens (tertiary/aromatic N) is 2. The summed E-state index contributed by atoms with van der Waals surface area (Å²) in [6.07, 6.45) is 10.3. The maximum absolute atomic E-state index is 13.3. The highest BCUT2D eigenvalue weighted by Crippen LogP contribution is 2.38. The molecular formula is C30H34N2O4. The summed E-state index contributed by atoms with van der Waals surface area (Å²) in [5, 5.41) is 11.4. The fourth-order valence-corrected chi connectivity index (χ4v) is 3.98. The van der Waals surface area contributed by atoms with Crippen molar-refractivity contribution in [2.75, 3.05) is 0 Å². The van der Waals surface area contributed by atoms with Crippen LogP contribution in [0.4, 0.5) is 0 Å². The van der Waals surface area contributed by atoms with Gasteiger partial charge in [-0.05, 0) is 59.7 Å². The third kappa shape index (κ3) is 4.17. The van der Waals surface area contributed by atoms with Crippen LogP contribution in [0.5, 0.6) is 5.75 Å². The standard InChI is InChI=1S/C30H18N2O4.8H2/c1-5-7-13-32(14-8-6-2)30(36)20-9-11-22-23(16-20)29(35)26(28(22)34)27-25(33)17-21-15-19(18(3)4)10-12-24(21)31-27;;;;;;;;/h1-2,9-12,15-18,26,33H,3-4H3;8*1H. The van der Waals surface area contributed by atoms with Crippen molar-refractivity contribution in [1.29, 1.82) is 0 Å². The zero-order valence-electron chi connectivity index (χ0n) is 19.4. The molecular weight excluding hydrogens is 452 g/mol. The molecule has 1 atom stereocenters. The summed E-state index contributed by atoms with van der Waals surface area (Å²) in [5.41, 5.74) is 1.83. The predicted octanol–water partition coefficient (Wildman–Crippen LogP) is 5.83. The minimum Gasteiger partial charge on any atom is -0.506 e. The first-order chi connectivity index (χ1) is 17.3. The number of terminal acetylenes is 2. The molecule has 1 amide bonds. The second kappa shape index (κ2) is 9.52. The lowest BCUT2D eigenvalue weighted by atomic mass is 9.96. The van der Waals surface area contributed by atoms with Crippen molar-refractivity contribution >= 4 is 28.4 Å². The van der Waals surface area contributed by atoms with Gasteiger partial charge in [0.15, 0.2) is 11.6 Å². The Hall–Kier alpha value is -5.30. The summed E-state index contributed by atoms with van der Waals surface area (Å²) in [7, 11) is 0. The van der Waals surface area contributed by atoms with Gasteiger partial charge in [-0.2, -0.15) is 4.90 Å². The molecule has 1 aromatic heterocycles. The molecule has 0 saturated carbocycles. The minimum atomic E-state index is -1.32. The molecule has 36 heavy (non-hydrogen) atoms. The van der Waals surface area contributed by atoms with E-state index in [1.165, 1.54) is 24.3 Å². The fraction of sp³-hybridized carbons (Fsp3) is 0.133. The van der Waals surface area contributed by atoms with Crippen molar-refractivity contribution in [3.63, 3.8) is 0 Å². The van der Waals surface area contributed by atoms with Crippen LogP contribution in [0, 0.1) is 48.6 Å². The third-order valence-corrected chi connectivity index (χ3v) is 5.79. The van der Waals surface area contributed by atoms with Gasteiger partial charge < -0.3 is 5.11 Å². The van der Waals surface area contributed by atoms with Crippen LogP contribution in [0.3, 0.4) is 0 Å². The summed E-state index contributed by atoms with van der Waals surface area (Å²) < 4.78 is 0. The zero-order valence-corrected chi connectivity index (χ0v) is 19.4. The van der Waals surface area contributed by atoms with Crippen LogP contribution in [0.25, 0.3) is 10.9 Å². The van der Waals surface area contributed by atoms with E-state index < -0.39 is 23.4 Å². The first-order valence-corrected chi connectivity index (χ1v) is 10.9. The normalized spacial score (nSPS) is 13.6. The lowest BCUT2D eigenvalue weighted by Crippen LogP contribution is -2.21. The van der Waals surface area contributed by atoms with Crippen molar-refractivity contribution in [2.45, 2.75) is 25.7 Å². The van der Waals surface area contributed by atoms with Gasteiger partial charge in [-0.25, -0.2) is 4.98 Å². The van der Waals surface area contributed by atoms with E-state index in [0.29, 0.717) is 10.9 Å². The van der Waals surface area contributed by atoms with Gasteiger partial charge in [-0.1, -0.05) is 19.9 Å².